The van der Waals surface area contributed by atoms with Gasteiger partial charge in [-0.05, 0) is 0 Å². The van der Waals surface area contributed by atoms with Crippen LogP contribution in [0.2, 0.25) is 0 Å². The van der Waals surface area contributed by atoms with E-state index in [-0.39, 0.29) is 12.2 Å². The van der Waals surface area contributed by atoms with Crippen molar-refractivity contribution in [1.29, 1.82) is 0 Å². The van der Waals surface area contributed by atoms with Crippen LogP contribution in [-0.2, 0) is 9.59 Å². The van der Waals surface area contributed by atoms with E-state index < -0.39 is 36.1 Å². The molecule has 1 atom stereocenters. The second-order valence-corrected chi connectivity index (χ2v) is 3.88. The van der Waals surface area contributed by atoms with E-state index in [1.54, 1.807) is 0 Å². The summed E-state index contributed by atoms with van der Waals surface area (Å²) in [4.78, 5) is 21.6. The van der Waals surface area contributed by atoms with Gasteiger partial charge in [0.1, 0.15) is 5.78 Å². The third kappa shape index (κ3) is 0.927. The average molecular weight is 190 g/mol. The Morgan fingerprint density at radius 3 is 2.31 bits per heavy atom. The summed E-state index contributed by atoms with van der Waals surface area (Å²) in [6, 6.07) is 0. The maximum absolute atomic E-state index is 12.5. The van der Waals surface area contributed by atoms with Gasteiger partial charge in [-0.15, -0.1) is 0 Å². The second-order valence-electron chi connectivity index (χ2n) is 3.88. The summed E-state index contributed by atoms with van der Waals surface area (Å²) in [6.07, 6.45) is -1.23. The quantitative estimate of drug-likeness (QED) is 0.673. The number of carboxylic acid groups (broad SMARTS) is 1. The summed E-state index contributed by atoms with van der Waals surface area (Å²) >= 11 is 0. The maximum atomic E-state index is 12.5. The van der Waals surface area contributed by atoms with Crippen molar-refractivity contribution in [1.82, 2.24) is 0 Å². The third-order valence-electron chi connectivity index (χ3n) is 3.06. The molecule has 13 heavy (non-hydrogen) atoms. The van der Waals surface area contributed by atoms with Crippen molar-refractivity contribution < 1.29 is 23.5 Å². The maximum Gasteiger partial charge on any atom is 0.307 e. The minimum absolute atomic E-state index is 0.0780. The van der Waals surface area contributed by atoms with Crippen molar-refractivity contribution in [2.75, 3.05) is 0 Å². The summed E-state index contributed by atoms with van der Waals surface area (Å²) in [5.74, 6) is -5.15. The van der Waals surface area contributed by atoms with E-state index in [9.17, 15) is 18.4 Å². The Bertz CT molecular complexity index is 290. The largest absolute Gasteiger partial charge is 0.481 e. The number of rotatable bonds is 1. The molecule has 2 rings (SSSR count). The summed E-state index contributed by atoms with van der Waals surface area (Å²) in [7, 11) is 0. The number of carboxylic acids is 1. The number of halogens is 2. The Hall–Kier alpha value is -1.00. The van der Waals surface area contributed by atoms with Crippen molar-refractivity contribution >= 4 is 11.8 Å². The predicted molar refractivity (Wildman–Crippen MR) is 37.4 cm³/mol. The van der Waals surface area contributed by atoms with Crippen molar-refractivity contribution in [2.45, 2.75) is 25.2 Å². The molecule has 5 heteroatoms. The number of hydrogen-bond acceptors (Lipinski definition) is 2. The Morgan fingerprint density at radius 1 is 1.46 bits per heavy atom. The highest BCUT2D eigenvalue weighted by Gasteiger charge is 2.70. The molecule has 0 saturated heterocycles. The SMILES string of the molecule is O=C(O)C1CC(=O)C12CC(F)(F)C2. The minimum atomic E-state index is -2.83. The lowest BCUT2D eigenvalue weighted by molar-refractivity contribution is -0.217. The normalized spacial score (nSPS) is 33.7. The monoisotopic (exact) mass is 190 g/mol. The highest BCUT2D eigenvalue weighted by atomic mass is 19.3. The molecule has 0 aliphatic heterocycles. The van der Waals surface area contributed by atoms with E-state index in [2.05, 4.69) is 0 Å². The number of carbonyl (C=O) groups is 2. The van der Waals surface area contributed by atoms with E-state index in [0.29, 0.717) is 0 Å². The first-order chi connectivity index (χ1) is 5.87. The van der Waals surface area contributed by atoms with Crippen LogP contribution in [0.5, 0.6) is 0 Å². The number of Topliss-reactive ketones (excluding diaryl/α,β-unsaturated/α-hetero) is 1. The number of aliphatic carboxylic acids is 1. The van der Waals surface area contributed by atoms with Gasteiger partial charge in [-0.2, -0.15) is 0 Å². The van der Waals surface area contributed by atoms with Gasteiger partial charge in [-0.3, -0.25) is 9.59 Å². The Morgan fingerprint density at radius 2 is 2.00 bits per heavy atom. The molecule has 0 aromatic heterocycles. The topological polar surface area (TPSA) is 54.4 Å². The summed E-state index contributed by atoms with van der Waals surface area (Å²) in [5.41, 5.74) is -1.21. The number of hydrogen-bond donors (Lipinski definition) is 1. The number of ketones is 1. The molecule has 0 amide bonds. The Kier molecular flexibility index (Phi) is 1.37. The van der Waals surface area contributed by atoms with Crippen LogP contribution in [0.1, 0.15) is 19.3 Å². The van der Waals surface area contributed by atoms with Gasteiger partial charge in [0.25, 0.3) is 0 Å². The Balaban J connectivity index is 2.15. The van der Waals surface area contributed by atoms with Crippen molar-refractivity contribution in [2.24, 2.45) is 11.3 Å². The first-order valence-corrected chi connectivity index (χ1v) is 4.01. The van der Waals surface area contributed by atoms with Crippen LogP contribution in [0.4, 0.5) is 8.78 Å². The number of alkyl halides is 2. The van der Waals surface area contributed by atoms with Gasteiger partial charge in [-0.25, -0.2) is 8.78 Å². The summed E-state index contributed by atoms with van der Waals surface area (Å²) in [5, 5.41) is 8.62. The second kappa shape index (κ2) is 2.08. The van der Waals surface area contributed by atoms with E-state index in [1.807, 2.05) is 0 Å². The molecule has 72 valence electrons. The van der Waals surface area contributed by atoms with Crippen molar-refractivity contribution in [3.63, 3.8) is 0 Å². The molecule has 0 aromatic carbocycles. The Labute approximate surface area is 72.7 Å². The molecular formula is C8H8F2O3. The molecule has 2 aliphatic rings. The van der Waals surface area contributed by atoms with Crippen LogP contribution >= 0.6 is 0 Å². The van der Waals surface area contributed by atoms with Gasteiger partial charge in [0.15, 0.2) is 0 Å². The fourth-order valence-electron chi connectivity index (χ4n) is 2.29. The van der Waals surface area contributed by atoms with Gasteiger partial charge in [0, 0.05) is 19.3 Å². The van der Waals surface area contributed by atoms with Crippen molar-refractivity contribution in [3.8, 4) is 0 Å². The number of carbonyl (C=O) groups excluding carboxylic acids is 1. The van der Waals surface area contributed by atoms with Crippen LogP contribution < -0.4 is 0 Å². The summed E-state index contributed by atoms with van der Waals surface area (Å²) < 4.78 is 25.0. The lowest BCUT2D eigenvalue weighted by Gasteiger charge is -2.55. The minimum Gasteiger partial charge on any atom is -0.481 e. The van der Waals surface area contributed by atoms with E-state index in [0.717, 1.165) is 0 Å². The van der Waals surface area contributed by atoms with Crippen LogP contribution in [0.3, 0.4) is 0 Å². The fourth-order valence-corrected chi connectivity index (χ4v) is 2.29. The molecule has 1 unspecified atom stereocenters. The first kappa shape index (κ1) is 8.59. The highest BCUT2D eigenvalue weighted by Crippen LogP contribution is 2.63. The fraction of sp³-hybridized carbons (Fsp3) is 0.750. The first-order valence-electron chi connectivity index (χ1n) is 4.01. The molecule has 0 bridgehead atoms. The van der Waals surface area contributed by atoms with Gasteiger partial charge >= 0.3 is 5.97 Å². The van der Waals surface area contributed by atoms with Gasteiger partial charge in [-0.1, -0.05) is 0 Å². The molecule has 0 heterocycles. The van der Waals surface area contributed by atoms with Gasteiger partial charge in [0.2, 0.25) is 5.92 Å². The standard InChI is InChI=1S/C8H8F2O3/c9-8(10)2-7(3-8)4(6(12)13)1-5(7)11/h4H,1-3H2,(H,12,13). The van der Waals surface area contributed by atoms with Crippen LogP contribution in [0, 0.1) is 11.3 Å². The van der Waals surface area contributed by atoms with Gasteiger partial charge in [0.05, 0.1) is 11.3 Å². The van der Waals surface area contributed by atoms with E-state index >= 15 is 0 Å². The van der Waals surface area contributed by atoms with Crippen molar-refractivity contribution in [3.05, 3.63) is 0 Å². The van der Waals surface area contributed by atoms with Crippen LogP contribution in [0.15, 0.2) is 0 Å². The highest BCUT2D eigenvalue weighted by molar-refractivity contribution is 6.00. The van der Waals surface area contributed by atoms with E-state index in [4.69, 9.17) is 5.11 Å². The molecular weight excluding hydrogens is 182 g/mol. The molecule has 2 saturated carbocycles. The molecule has 1 N–H and O–H groups in total. The average Bonchev–Trinajstić information content (AvgIpc) is 1.94. The molecule has 2 fully saturated rings. The molecule has 1 spiro atoms. The van der Waals surface area contributed by atoms with Crippen LogP contribution in [-0.4, -0.2) is 22.8 Å². The molecule has 0 radical (unpaired) electrons. The van der Waals surface area contributed by atoms with Crippen LogP contribution in [0.25, 0.3) is 0 Å². The zero-order valence-electron chi connectivity index (χ0n) is 6.72. The molecule has 2 aliphatic carbocycles. The lowest BCUT2D eigenvalue weighted by atomic mass is 9.47. The van der Waals surface area contributed by atoms with Gasteiger partial charge < -0.3 is 5.11 Å². The zero-order chi connectivity index (χ0) is 9.85. The molecule has 0 aromatic rings. The third-order valence-corrected chi connectivity index (χ3v) is 3.06. The molecule has 3 nitrogen and oxygen atoms in total. The van der Waals surface area contributed by atoms with E-state index in [1.165, 1.54) is 0 Å². The lowest BCUT2D eigenvalue weighted by Crippen LogP contribution is -2.64. The predicted octanol–water partition coefficient (Wildman–Crippen LogP) is 1.08. The smallest absolute Gasteiger partial charge is 0.307 e. The summed E-state index contributed by atoms with van der Waals surface area (Å²) in [6.45, 7) is 0. The zero-order valence-corrected chi connectivity index (χ0v) is 6.72.